The molecule has 5 aromatic rings. The van der Waals surface area contributed by atoms with E-state index < -0.39 is 0 Å². The third kappa shape index (κ3) is 3.07. The fraction of sp³-hybridized carbons (Fsp3) is 0. The molecule has 0 N–H and O–H groups in total. The van der Waals surface area contributed by atoms with Gasteiger partial charge < -0.3 is 8.94 Å². The molecule has 0 bridgehead atoms. The van der Waals surface area contributed by atoms with E-state index in [1.807, 2.05) is 84.9 Å². The molecule has 28 heavy (non-hydrogen) atoms. The molecule has 6 nitrogen and oxygen atoms in total. The first-order chi connectivity index (χ1) is 13.9. The zero-order valence-electron chi connectivity index (χ0n) is 14.7. The van der Waals surface area contributed by atoms with Crippen LogP contribution in [0.4, 0.5) is 0 Å². The number of rotatable bonds is 4. The summed E-state index contributed by atoms with van der Waals surface area (Å²) in [4.78, 5) is 4.49. The fourth-order valence-corrected chi connectivity index (χ4v) is 2.87. The summed E-state index contributed by atoms with van der Waals surface area (Å²) in [6.45, 7) is 0. The summed E-state index contributed by atoms with van der Waals surface area (Å²) >= 11 is 0. The van der Waals surface area contributed by atoms with Crippen LogP contribution in [0.1, 0.15) is 0 Å². The van der Waals surface area contributed by atoms with Crippen molar-refractivity contribution in [1.29, 1.82) is 0 Å². The van der Waals surface area contributed by atoms with Crippen molar-refractivity contribution in [3.8, 4) is 45.8 Å². The maximum Gasteiger partial charge on any atom is 0.258 e. The van der Waals surface area contributed by atoms with E-state index in [1.54, 1.807) is 0 Å². The summed E-state index contributed by atoms with van der Waals surface area (Å²) in [5.41, 5.74) is 3.35. The van der Waals surface area contributed by atoms with Crippen LogP contribution in [0, 0.1) is 0 Å². The first kappa shape index (κ1) is 16.1. The van der Waals surface area contributed by atoms with Gasteiger partial charge in [-0.3, -0.25) is 0 Å². The zero-order chi connectivity index (χ0) is 18.8. The minimum absolute atomic E-state index is 0.434. The molecule has 0 amide bonds. The van der Waals surface area contributed by atoms with Gasteiger partial charge in [0.2, 0.25) is 17.6 Å². The Morgan fingerprint density at radius 1 is 0.536 bits per heavy atom. The summed E-state index contributed by atoms with van der Waals surface area (Å²) in [7, 11) is 0. The van der Waals surface area contributed by atoms with Crippen molar-refractivity contribution in [1.82, 2.24) is 20.3 Å². The van der Waals surface area contributed by atoms with Gasteiger partial charge in [-0.2, -0.15) is 4.98 Å². The first-order valence-corrected chi connectivity index (χ1v) is 8.76. The molecule has 134 valence electrons. The van der Waals surface area contributed by atoms with Crippen LogP contribution in [0.15, 0.2) is 93.9 Å². The molecule has 0 unspecified atom stereocenters. The first-order valence-electron chi connectivity index (χ1n) is 8.76. The summed E-state index contributed by atoms with van der Waals surface area (Å²) < 4.78 is 11.3. The van der Waals surface area contributed by atoms with Crippen LogP contribution in [-0.4, -0.2) is 20.3 Å². The average molecular weight is 366 g/mol. The van der Waals surface area contributed by atoms with Crippen molar-refractivity contribution in [3.05, 3.63) is 84.9 Å². The van der Waals surface area contributed by atoms with Crippen LogP contribution in [0.25, 0.3) is 45.8 Å². The van der Waals surface area contributed by atoms with Crippen molar-refractivity contribution in [2.75, 3.05) is 0 Å². The lowest BCUT2D eigenvalue weighted by Gasteiger charge is -1.98. The molecule has 2 heterocycles. The quantitative estimate of drug-likeness (QED) is 0.439. The van der Waals surface area contributed by atoms with Gasteiger partial charge in [0, 0.05) is 22.3 Å². The van der Waals surface area contributed by atoms with Gasteiger partial charge in [-0.05, 0) is 30.3 Å². The van der Waals surface area contributed by atoms with E-state index in [4.69, 9.17) is 8.94 Å². The van der Waals surface area contributed by atoms with Crippen molar-refractivity contribution in [2.45, 2.75) is 0 Å². The Morgan fingerprint density at radius 2 is 1.11 bits per heavy atom. The topological polar surface area (TPSA) is 77.8 Å². The number of hydrogen-bond donors (Lipinski definition) is 0. The normalized spacial score (nSPS) is 10.9. The largest absolute Gasteiger partial charge is 0.416 e. The minimum Gasteiger partial charge on any atom is -0.416 e. The highest BCUT2D eigenvalue weighted by atomic mass is 16.5. The molecular formula is C22H14N4O2. The Bertz CT molecular complexity index is 1120. The predicted octanol–water partition coefficient (Wildman–Crippen LogP) is 5.12. The second-order valence-electron chi connectivity index (χ2n) is 6.15. The lowest BCUT2D eigenvalue weighted by Crippen LogP contribution is -1.83. The van der Waals surface area contributed by atoms with Gasteiger partial charge in [0.05, 0.1) is 0 Å². The van der Waals surface area contributed by atoms with Gasteiger partial charge in [0.1, 0.15) is 0 Å². The second kappa shape index (κ2) is 6.92. The van der Waals surface area contributed by atoms with Crippen molar-refractivity contribution in [3.63, 3.8) is 0 Å². The molecule has 6 heteroatoms. The smallest absolute Gasteiger partial charge is 0.258 e. The third-order valence-electron chi connectivity index (χ3n) is 4.26. The van der Waals surface area contributed by atoms with E-state index in [2.05, 4.69) is 20.3 Å². The van der Waals surface area contributed by atoms with Gasteiger partial charge in [-0.25, -0.2) is 0 Å². The van der Waals surface area contributed by atoms with E-state index in [1.165, 1.54) is 0 Å². The lowest BCUT2D eigenvalue weighted by molar-refractivity contribution is 0.432. The molecular weight excluding hydrogens is 352 g/mol. The van der Waals surface area contributed by atoms with Gasteiger partial charge in [-0.15, -0.1) is 10.2 Å². The molecule has 0 spiro atoms. The van der Waals surface area contributed by atoms with Crippen molar-refractivity contribution in [2.24, 2.45) is 0 Å². The van der Waals surface area contributed by atoms with Gasteiger partial charge in [-0.1, -0.05) is 59.8 Å². The minimum atomic E-state index is 0.434. The number of aromatic nitrogens is 4. The molecule has 0 fully saturated rings. The van der Waals surface area contributed by atoms with Gasteiger partial charge >= 0.3 is 0 Å². The SMILES string of the molecule is c1ccc(-c2noc(-c3cccc(-c4nnc(-c5ccccc5)o4)c3)n2)cc1. The van der Waals surface area contributed by atoms with E-state index in [0.717, 1.165) is 22.3 Å². The highest BCUT2D eigenvalue weighted by molar-refractivity contribution is 5.66. The van der Waals surface area contributed by atoms with E-state index >= 15 is 0 Å². The Labute approximate surface area is 160 Å². The van der Waals surface area contributed by atoms with Crippen LogP contribution in [0.5, 0.6) is 0 Å². The maximum absolute atomic E-state index is 5.83. The number of benzene rings is 3. The molecule has 0 aliphatic heterocycles. The zero-order valence-corrected chi connectivity index (χ0v) is 14.7. The molecule has 3 aromatic carbocycles. The van der Waals surface area contributed by atoms with Crippen LogP contribution in [-0.2, 0) is 0 Å². The van der Waals surface area contributed by atoms with Crippen LogP contribution in [0.3, 0.4) is 0 Å². The number of hydrogen-bond acceptors (Lipinski definition) is 6. The molecule has 0 saturated carbocycles. The highest BCUT2D eigenvalue weighted by Gasteiger charge is 2.14. The molecule has 0 aliphatic rings. The summed E-state index contributed by atoms with van der Waals surface area (Å²) in [5, 5.41) is 12.4. The standard InChI is InChI=1S/C22H14N4O2/c1-3-8-15(9-4-1)19-23-20(28-26-19)17-12-7-13-18(14-17)22-25-24-21(27-22)16-10-5-2-6-11-16/h1-14H. The molecule has 0 radical (unpaired) electrons. The summed E-state index contributed by atoms with van der Waals surface area (Å²) in [6.07, 6.45) is 0. The maximum atomic E-state index is 5.83. The van der Waals surface area contributed by atoms with E-state index in [0.29, 0.717) is 23.5 Å². The van der Waals surface area contributed by atoms with Crippen LogP contribution in [0.2, 0.25) is 0 Å². The summed E-state index contributed by atoms with van der Waals surface area (Å²) in [5.74, 6) is 1.89. The monoisotopic (exact) mass is 366 g/mol. The molecule has 0 saturated heterocycles. The van der Waals surface area contributed by atoms with Gasteiger partial charge in [0.25, 0.3) is 5.89 Å². The Hall–Kier alpha value is -4.06. The van der Waals surface area contributed by atoms with Crippen molar-refractivity contribution < 1.29 is 8.94 Å². The molecule has 0 atom stereocenters. The Balaban J connectivity index is 1.46. The van der Waals surface area contributed by atoms with Gasteiger partial charge in [0.15, 0.2) is 0 Å². The van der Waals surface area contributed by atoms with E-state index in [9.17, 15) is 0 Å². The van der Waals surface area contributed by atoms with E-state index in [-0.39, 0.29) is 0 Å². The lowest BCUT2D eigenvalue weighted by atomic mass is 10.1. The fourth-order valence-electron chi connectivity index (χ4n) is 2.87. The van der Waals surface area contributed by atoms with Crippen LogP contribution < -0.4 is 0 Å². The molecule has 5 rings (SSSR count). The molecule has 2 aromatic heterocycles. The highest BCUT2D eigenvalue weighted by Crippen LogP contribution is 2.28. The third-order valence-corrected chi connectivity index (χ3v) is 4.26. The Morgan fingerprint density at radius 3 is 1.82 bits per heavy atom. The Kier molecular flexibility index (Phi) is 3.99. The molecule has 0 aliphatic carbocycles. The summed E-state index contributed by atoms with van der Waals surface area (Å²) in [6, 6.07) is 26.9. The average Bonchev–Trinajstić information content (AvgIpc) is 3.46. The second-order valence-corrected chi connectivity index (χ2v) is 6.15. The van der Waals surface area contributed by atoms with Crippen LogP contribution >= 0.6 is 0 Å². The number of nitrogens with zero attached hydrogens (tertiary/aromatic N) is 4. The predicted molar refractivity (Wildman–Crippen MR) is 104 cm³/mol. The van der Waals surface area contributed by atoms with Crippen molar-refractivity contribution >= 4 is 0 Å².